The fourth-order valence-electron chi connectivity index (χ4n) is 2.58. The van der Waals surface area contributed by atoms with Crippen molar-refractivity contribution in [2.45, 2.75) is 38.1 Å². The SMILES string of the molecule is NC1CCCCCC1C(=O)c1c(F)cccc1F. The van der Waals surface area contributed by atoms with E-state index in [-0.39, 0.29) is 6.04 Å². The summed E-state index contributed by atoms with van der Waals surface area (Å²) in [6.07, 6.45) is 4.25. The quantitative estimate of drug-likeness (QED) is 0.650. The molecule has 2 atom stereocenters. The summed E-state index contributed by atoms with van der Waals surface area (Å²) in [5.41, 5.74) is 5.52. The van der Waals surface area contributed by atoms with Gasteiger partial charge in [0.05, 0.1) is 5.56 Å². The first-order chi connectivity index (χ1) is 8.61. The Bertz CT molecular complexity index is 427. The van der Waals surface area contributed by atoms with Gasteiger partial charge in [-0.2, -0.15) is 0 Å². The molecule has 1 saturated carbocycles. The first-order valence-electron chi connectivity index (χ1n) is 6.35. The minimum atomic E-state index is -0.795. The molecule has 1 fully saturated rings. The van der Waals surface area contributed by atoms with Gasteiger partial charge >= 0.3 is 0 Å². The Kier molecular flexibility index (Phi) is 4.07. The van der Waals surface area contributed by atoms with E-state index in [2.05, 4.69) is 0 Å². The van der Waals surface area contributed by atoms with Gasteiger partial charge in [-0.15, -0.1) is 0 Å². The number of hydrogen-bond acceptors (Lipinski definition) is 2. The molecule has 1 aliphatic carbocycles. The van der Waals surface area contributed by atoms with Gasteiger partial charge < -0.3 is 5.73 Å². The van der Waals surface area contributed by atoms with Crippen LogP contribution >= 0.6 is 0 Å². The van der Waals surface area contributed by atoms with Crippen LogP contribution in [-0.4, -0.2) is 11.8 Å². The number of hydrogen-bond donors (Lipinski definition) is 1. The zero-order chi connectivity index (χ0) is 13.1. The normalized spacial score (nSPS) is 24.6. The lowest BCUT2D eigenvalue weighted by Crippen LogP contribution is -2.35. The predicted octanol–water partition coefficient (Wildman–Crippen LogP) is 3.06. The van der Waals surface area contributed by atoms with E-state index in [4.69, 9.17) is 5.73 Å². The number of nitrogens with two attached hydrogens (primary N) is 1. The van der Waals surface area contributed by atoms with Crippen LogP contribution in [-0.2, 0) is 0 Å². The lowest BCUT2D eigenvalue weighted by molar-refractivity contribution is 0.0886. The summed E-state index contributed by atoms with van der Waals surface area (Å²) < 4.78 is 27.2. The van der Waals surface area contributed by atoms with Gasteiger partial charge in [0, 0.05) is 12.0 Å². The maximum absolute atomic E-state index is 13.6. The third-order valence-corrected chi connectivity index (χ3v) is 3.62. The number of ketones is 1. The Labute approximate surface area is 105 Å². The van der Waals surface area contributed by atoms with Gasteiger partial charge in [-0.25, -0.2) is 8.78 Å². The molecule has 18 heavy (non-hydrogen) atoms. The second kappa shape index (κ2) is 5.57. The van der Waals surface area contributed by atoms with Crippen LogP contribution in [0, 0.1) is 17.6 Å². The van der Waals surface area contributed by atoms with Gasteiger partial charge in [0.2, 0.25) is 0 Å². The average Bonchev–Trinajstić information content (AvgIpc) is 2.53. The number of rotatable bonds is 2. The number of halogens is 2. The molecule has 2 rings (SSSR count). The van der Waals surface area contributed by atoms with Gasteiger partial charge in [0.1, 0.15) is 11.6 Å². The smallest absolute Gasteiger partial charge is 0.173 e. The van der Waals surface area contributed by atoms with Crippen LogP contribution in [0.3, 0.4) is 0 Å². The van der Waals surface area contributed by atoms with E-state index in [1.54, 1.807) is 0 Å². The Balaban J connectivity index is 2.29. The highest BCUT2D eigenvalue weighted by Gasteiger charge is 2.31. The number of carbonyl (C=O) groups excluding carboxylic acids is 1. The third-order valence-electron chi connectivity index (χ3n) is 3.62. The highest BCUT2D eigenvalue weighted by molar-refractivity contribution is 5.98. The summed E-state index contributed by atoms with van der Waals surface area (Å²) in [5.74, 6) is -2.54. The minimum absolute atomic E-state index is 0.293. The van der Waals surface area contributed by atoms with Gasteiger partial charge in [0.15, 0.2) is 5.78 Å². The van der Waals surface area contributed by atoms with E-state index < -0.39 is 28.9 Å². The van der Waals surface area contributed by atoms with Crippen molar-refractivity contribution in [1.29, 1.82) is 0 Å². The van der Waals surface area contributed by atoms with Crippen LogP contribution in [0.5, 0.6) is 0 Å². The van der Waals surface area contributed by atoms with Crippen LogP contribution in [0.1, 0.15) is 42.5 Å². The first kappa shape index (κ1) is 13.1. The summed E-state index contributed by atoms with van der Waals surface area (Å²) in [6, 6.07) is 3.19. The average molecular weight is 253 g/mol. The third kappa shape index (κ3) is 2.58. The standard InChI is InChI=1S/C14H17F2NO/c15-10-6-4-7-11(16)13(10)14(18)9-5-2-1-3-8-12(9)17/h4,6-7,9,12H,1-3,5,8,17H2. The minimum Gasteiger partial charge on any atom is -0.327 e. The van der Waals surface area contributed by atoms with E-state index >= 15 is 0 Å². The molecule has 0 spiro atoms. The molecule has 2 nitrogen and oxygen atoms in total. The molecule has 1 aromatic rings. The highest BCUT2D eigenvalue weighted by Crippen LogP contribution is 2.27. The van der Waals surface area contributed by atoms with Crippen molar-refractivity contribution in [3.05, 3.63) is 35.4 Å². The number of benzene rings is 1. The van der Waals surface area contributed by atoms with Crippen LogP contribution in [0.2, 0.25) is 0 Å². The maximum Gasteiger partial charge on any atom is 0.173 e. The van der Waals surface area contributed by atoms with E-state index in [9.17, 15) is 13.6 Å². The van der Waals surface area contributed by atoms with Crippen molar-refractivity contribution in [3.63, 3.8) is 0 Å². The van der Waals surface area contributed by atoms with E-state index in [0.717, 1.165) is 37.8 Å². The number of carbonyl (C=O) groups is 1. The summed E-state index contributed by atoms with van der Waals surface area (Å²) in [6.45, 7) is 0. The molecular formula is C14H17F2NO. The molecule has 2 N–H and O–H groups in total. The molecule has 2 unspecified atom stereocenters. The topological polar surface area (TPSA) is 43.1 Å². The molecule has 98 valence electrons. The number of Topliss-reactive ketones (excluding diaryl/α,β-unsaturated/α-hetero) is 1. The molecule has 0 radical (unpaired) electrons. The molecule has 0 aliphatic heterocycles. The van der Waals surface area contributed by atoms with Crippen molar-refractivity contribution in [1.82, 2.24) is 0 Å². The summed E-state index contributed by atoms with van der Waals surface area (Å²) >= 11 is 0. The van der Waals surface area contributed by atoms with Crippen LogP contribution in [0.25, 0.3) is 0 Å². The first-order valence-corrected chi connectivity index (χ1v) is 6.35. The van der Waals surface area contributed by atoms with E-state index in [1.807, 2.05) is 0 Å². The van der Waals surface area contributed by atoms with Crippen molar-refractivity contribution >= 4 is 5.78 Å². The largest absolute Gasteiger partial charge is 0.327 e. The van der Waals surface area contributed by atoms with Crippen LogP contribution in [0.4, 0.5) is 8.78 Å². The van der Waals surface area contributed by atoms with Gasteiger partial charge in [0.25, 0.3) is 0 Å². The Morgan fingerprint density at radius 2 is 1.72 bits per heavy atom. The summed E-state index contributed by atoms with van der Waals surface area (Å²) in [4.78, 5) is 12.2. The lowest BCUT2D eigenvalue weighted by Gasteiger charge is -2.20. The lowest BCUT2D eigenvalue weighted by atomic mass is 9.87. The molecule has 0 aromatic heterocycles. The maximum atomic E-state index is 13.6. The molecule has 0 heterocycles. The molecule has 0 saturated heterocycles. The second-order valence-corrected chi connectivity index (χ2v) is 4.87. The summed E-state index contributed by atoms with van der Waals surface area (Å²) in [5, 5.41) is 0. The molecule has 1 aliphatic rings. The molecule has 1 aromatic carbocycles. The van der Waals surface area contributed by atoms with Gasteiger partial charge in [-0.3, -0.25) is 4.79 Å². The second-order valence-electron chi connectivity index (χ2n) is 4.87. The van der Waals surface area contributed by atoms with Crippen molar-refractivity contribution in [2.24, 2.45) is 11.7 Å². The van der Waals surface area contributed by atoms with Gasteiger partial charge in [-0.05, 0) is 25.0 Å². The van der Waals surface area contributed by atoms with Gasteiger partial charge in [-0.1, -0.05) is 25.3 Å². The van der Waals surface area contributed by atoms with Crippen molar-refractivity contribution in [3.8, 4) is 0 Å². The Morgan fingerprint density at radius 3 is 2.39 bits per heavy atom. The van der Waals surface area contributed by atoms with Crippen molar-refractivity contribution < 1.29 is 13.6 Å². The zero-order valence-corrected chi connectivity index (χ0v) is 10.2. The Morgan fingerprint density at radius 1 is 1.11 bits per heavy atom. The molecule has 0 bridgehead atoms. The highest BCUT2D eigenvalue weighted by atomic mass is 19.1. The molecular weight excluding hydrogens is 236 g/mol. The van der Waals surface area contributed by atoms with E-state index in [0.29, 0.717) is 6.42 Å². The molecule has 4 heteroatoms. The zero-order valence-electron chi connectivity index (χ0n) is 10.2. The van der Waals surface area contributed by atoms with E-state index in [1.165, 1.54) is 6.07 Å². The fourth-order valence-corrected chi connectivity index (χ4v) is 2.58. The molecule has 0 amide bonds. The summed E-state index contributed by atoms with van der Waals surface area (Å²) in [7, 11) is 0. The fraction of sp³-hybridized carbons (Fsp3) is 0.500. The van der Waals surface area contributed by atoms with Crippen LogP contribution < -0.4 is 5.73 Å². The predicted molar refractivity (Wildman–Crippen MR) is 65.2 cm³/mol. The van der Waals surface area contributed by atoms with Crippen LogP contribution in [0.15, 0.2) is 18.2 Å². The Hall–Kier alpha value is -1.29. The monoisotopic (exact) mass is 253 g/mol. The van der Waals surface area contributed by atoms with Crippen molar-refractivity contribution in [2.75, 3.05) is 0 Å².